The second-order valence-corrected chi connectivity index (χ2v) is 5.79. The quantitative estimate of drug-likeness (QED) is 0.736. The molecule has 0 saturated heterocycles. The topological polar surface area (TPSA) is 39.1 Å². The Labute approximate surface area is 117 Å². The molecule has 0 aliphatic carbocycles. The Bertz CT molecular complexity index is 385. The molecule has 4 nitrogen and oxygen atoms in total. The number of ether oxygens (including phenoxy) is 1. The number of hydrogen-bond donors (Lipinski definition) is 1. The van der Waals surface area contributed by atoms with Gasteiger partial charge in [0.1, 0.15) is 5.69 Å². The molecule has 0 fully saturated rings. The summed E-state index contributed by atoms with van der Waals surface area (Å²) in [5.41, 5.74) is 2.08. The van der Waals surface area contributed by atoms with Crippen molar-refractivity contribution in [3.05, 3.63) is 11.4 Å². The molecule has 1 rings (SSSR count). The summed E-state index contributed by atoms with van der Waals surface area (Å²) < 4.78 is 7.89. The van der Waals surface area contributed by atoms with Crippen molar-refractivity contribution in [2.75, 3.05) is 13.1 Å². The largest absolute Gasteiger partial charge is 0.487 e. The summed E-state index contributed by atoms with van der Waals surface area (Å²) in [5.74, 6) is 1.67. The molecule has 0 aromatic carbocycles. The highest BCUT2D eigenvalue weighted by Crippen LogP contribution is 2.23. The lowest BCUT2D eigenvalue weighted by molar-refractivity contribution is 0.204. The maximum Gasteiger partial charge on any atom is 0.163 e. The minimum Gasteiger partial charge on any atom is -0.487 e. The SMILES string of the molecule is Cc1nn(C)c(C)c1OC(C)CCCNCC(C)C. The standard InChI is InChI=1S/C15H29N3O/c1-11(2)10-16-9-7-8-12(3)19-15-13(4)17-18(6)14(15)5/h11-12,16H,7-10H2,1-6H3. The van der Waals surface area contributed by atoms with Crippen LogP contribution in [0.2, 0.25) is 0 Å². The van der Waals surface area contributed by atoms with Crippen LogP contribution in [0, 0.1) is 19.8 Å². The molecule has 0 spiro atoms. The van der Waals surface area contributed by atoms with E-state index >= 15 is 0 Å². The third-order valence-corrected chi connectivity index (χ3v) is 3.28. The van der Waals surface area contributed by atoms with Gasteiger partial charge in [0.15, 0.2) is 5.75 Å². The molecule has 1 atom stereocenters. The van der Waals surface area contributed by atoms with Crippen LogP contribution in [0.25, 0.3) is 0 Å². The third kappa shape index (κ3) is 5.23. The van der Waals surface area contributed by atoms with Gasteiger partial charge < -0.3 is 10.1 Å². The summed E-state index contributed by atoms with van der Waals surface area (Å²) in [7, 11) is 1.95. The summed E-state index contributed by atoms with van der Waals surface area (Å²) in [6, 6.07) is 0. The van der Waals surface area contributed by atoms with E-state index in [-0.39, 0.29) is 6.10 Å². The van der Waals surface area contributed by atoms with Gasteiger partial charge in [0.05, 0.1) is 11.8 Å². The molecule has 110 valence electrons. The average Bonchev–Trinajstić information content (AvgIpc) is 2.55. The summed E-state index contributed by atoms with van der Waals surface area (Å²) in [6.45, 7) is 12.8. The van der Waals surface area contributed by atoms with E-state index < -0.39 is 0 Å². The van der Waals surface area contributed by atoms with Crippen LogP contribution < -0.4 is 10.1 Å². The van der Waals surface area contributed by atoms with E-state index in [1.54, 1.807) is 0 Å². The third-order valence-electron chi connectivity index (χ3n) is 3.28. The Morgan fingerprint density at radius 1 is 1.26 bits per heavy atom. The lowest BCUT2D eigenvalue weighted by Gasteiger charge is -2.15. The van der Waals surface area contributed by atoms with Gasteiger partial charge in [-0.05, 0) is 52.6 Å². The minimum absolute atomic E-state index is 0.238. The maximum atomic E-state index is 6.01. The zero-order chi connectivity index (χ0) is 14.4. The van der Waals surface area contributed by atoms with Crippen LogP contribution in [-0.2, 0) is 7.05 Å². The fourth-order valence-electron chi connectivity index (χ4n) is 2.09. The van der Waals surface area contributed by atoms with Gasteiger partial charge in [0, 0.05) is 7.05 Å². The van der Waals surface area contributed by atoms with Gasteiger partial charge in [-0.3, -0.25) is 4.68 Å². The van der Waals surface area contributed by atoms with Crippen LogP contribution in [0.1, 0.15) is 45.0 Å². The number of nitrogens with zero attached hydrogens (tertiary/aromatic N) is 2. The number of hydrogen-bond acceptors (Lipinski definition) is 3. The van der Waals surface area contributed by atoms with Crippen molar-refractivity contribution < 1.29 is 4.74 Å². The molecule has 0 amide bonds. The van der Waals surface area contributed by atoms with Crippen molar-refractivity contribution in [1.82, 2.24) is 15.1 Å². The number of aromatic nitrogens is 2. The normalized spacial score (nSPS) is 13.0. The Kier molecular flexibility index (Phi) is 6.35. The van der Waals surface area contributed by atoms with E-state index in [2.05, 4.69) is 31.2 Å². The molecule has 4 heteroatoms. The lowest BCUT2D eigenvalue weighted by Crippen LogP contribution is -2.22. The fraction of sp³-hybridized carbons (Fsp3) is 0.800. The summed E-state index contributed by atoms with van der Waals surface area (Å²) in [4.78, 5) is 0. The Balaban J connectivity index is 2.29. The highest BCUT2D eigenvalue weighted by molar-refractivity contribution is 5.31. The van der Waals surface area contributed by atoms with E-state index in [1.165, 1.54) is 0 Å². The lowest BCUT2D eigenvalue weighted by atomic mass is 10.2. The highest BCUT2D eigenvalue weighted by Gasteiger charge is 2.13. The predicted octanol–water partition coefficient (Wildman–Crippen LogP) is 2.83. The van der Waals surface area contributed by atoms with Gasteiger partial charge in [0.2, 0.25) is 0 Å². The average molecular weight is 267 g/mol. The zero-order valence-electron chi connectivity index (χ0n) is 13.3. The van der Waals surface area contributed by atoms with Crippen molar-refractivity contribution in [1.29, 1.82) is 0 Å². The van der Waals surface area contributed by atoms with Crippen LogP contribution in [-0.4, -0.2) is 29.0 Å². The fourth-order valence-corrected chi connectivity index (χ4v) is 2.09. The molecule has 0 bridgehead atoms. The first kappa shape index (κ1) is 16.0. The van der Waals surface area contributed by atoms with E-state index in [0.29, 0.717) is 0 Å². The van der Waals surface area contributed by atoms with Gasteiger partial charge in [-0.15, -0.1) is 0 Å². The van der Waals surface area contributed by atoms with E-state index in [0.717, 1.165) is 49.0 Å². The van der Waals surface area contributed by atoms with Crippen LogP contribution in [0.3, 0.4) is 0 Å². The molecule has 0 aliphatic rings. The maximum absolute atomic E-state index is 6.01. The van der Waals surface area contributed by atoms with Crippen molar-refractivity contribution in [2.24, 2.45) is 13.0 Å². The first-order valence-corrected chi connectivity index (χ1v) is 7.29. The monoisotopic (exact) mass is 267 g/mol. The summed E-state index contributed by atoms with van der Waals surface area (Å²) >= 11 is 0. The van der Waals surface area contributed by atoms with Gasteiger partial charge in [-0.2, -0.15) is 5.10 Å². The van der Waals surface area contributed by atoms with E-state index in [1.807, 2.05) is 25.6 Å². The molecule has 1 heterocycles. The number of aryl methyl sites for hydroxylation is 2. The Morgan fingerprint density at radius 3 is 2.47 bits per heavy atom. The zero-order valence-corrected chi connectivity index (χ0v) is 13.3. The molecule has 0 radical (unpaired) electrons. The number of nitrogens with one attached hydrogen (secondary N) is 1. The summed E-state index contributed by atoms with van der Waals surface area (Å²) in [6.07, 6.45) is 2.45. The molecule has 1 unspecified atom stereocenters. The molecule has 0 saturated carbocycles. The highest BCUT2D eigenvalue weighted by atomic mass is 16.5. The number of rotatable bonds is 8. The van der Waals surface area contributed by atoms with Gasteiger partial charge in [-0.1, -0.05) is 13.8 Å². The van der Waals surface area contributed by atoms with Crippen molar-refractivity contribution in [2.45, 2.75) is 53.6 Å². The smallest absolute Gasteiger partial charge is 0.163 e. The Hall–Kier alpha value is -1.03. The second-order valence-electron chi connectivity index (χ2n) is 5.79. The van der Waals surface area contributed by atoms with Gasteiger partial charge in [-0.25, -0.2) is 0 Å². The van der Waals surface area contributed by atoms with Crippen LogP contribution in [0.15, 0.2) is 0 Å². The molecular weight excluding hydrogens is 238 g/mol. The molecule has 19 heavy (non-hydrogen) atoms. The first-order valence-electron chi connectivity index (χ1n) is 7.29. The van der Waals surface area contributed by atoms with Crippen molar-refractivity contribution >= 4 is 0 Å². The molecule has 1 N–H and O–H groups in total. The van der Waals surface area contributed by atoms with E-state index in [9.17, 15) is 0 Å². The molecule has 0 aliphatic heterocycles. The van der Waals surface area contributed by atoms with Crippen molar-refractivity contribution in [3.63, 3.8) is 0 Å². The van der Waals surface area contributed by atoms with E-state index in [4.69, 9.17) is 4.74 Å². The van der Waals surface area contributed by atoms with Crippen LogP contribution in [0.5, 0.6) is 5.75 Å². The molecule has 1 aromatic rings. The summed E-state index contributed by atoms with van der Waals surface area (Å²) in [5, 5.41) is 7.83. The van der Waals surface area contributed by atoms with Crippen molar-refractivity contribution in [3.8, 4) is 5.75 Å². The van der Waals surface area contributed by atoms with Gasteiger partial charge >= 0.3 is 0 Å². The van der Waals surface area contributed by atoms with Gasteiger partial charge in [0.25, 0.3) is 0 Å². The first-order chi connectivity index (χ1) is 8.91. The second kappa shape index (κ2) is 7.53. The minimum atomic E-state index is 0.238. The van der Waals surface area contributed by atoms with Crippen LogP contribution in [0.4, 0.5) is 0 Å². The molecule has 1 aromatic heterocycles. The predicted molar refractivity (Wildman–Crippen MR) is 79.7 cm³/mol. The van der Waals surface area contributed by atoms with Crippen LogP contribution >= 0.6 is 0 Å². The molecular formula is C15H29N3O. The Morgan fingerprint density at radius 2 is 1.95 bits per heavy atom.